The van der Waals surface area contributed by atoms with Crippen molar-refractivity contribution >= 4 is 11.6 Å². The second-order valence-corrected chi connectivity index (χ2v) is 5.47. The van der Waals surface area contributed by atoms with Gasteiger partial charge < -0.3 is 9.84 Å². The minimum Gasteiger partial charge on any atom is -0.495 e. The van der Waals surface area contributed by atoms with E-state index in [0.717, 1.165) is 31.2 Å². The highest BCUT2D eigenvalue weighted by molar-refractivity contribution is 6.32. The Bertz CT molecular complexity index is 395. The fourth-order valence-corrected chi connectivity index (χ4v) is 2.67. The Labute approximate surface area is 108 Å². The van der Waals surface area contributed by atoms with Crippen LogP contribution in [-0.4, -0.2) is 12.2 Å². The number of methoxy groups -OCH3 is 1. The number of hydrogen-bond donors (Lipinski definition) is 1. The van der Waals surface area contributed by atoms with Gasteiger partial charge in [0, 0.05) is 0 Å². The summed E-state index contributed by atoms with van der Waals surface area (Å²) in [5.74, 6) is 1.35. The van der Waals surface area contributed by atoms with Crippen molar-refractivity contribution in [3.8, 4) is 5.75 Å². The first-order chi connectivity index (χ1) is 8.05. The van der Waals surface area contributed by atoms with E-state index in [2.05, 4.69) is 6.92 Å². The molecule has 0 saturated heterocycles. The lowest BCUT2D eigenvalue weighted by molar-refractivity contribution is -0.0121. The Balaban J connectivity index is 2.27. The van der Waals surface area contributed by atoms with Crippen LogP contribution in [0.25, 0.3) is 0 Å². The molecule has 1 aliphatic rings. The average molecular weight is 255 g/mol. The molecule has 2 nitrogen and oxygen atoms in total. The molecule has 2 rings (SSSR count). The van der Waals surface area contributed by atoms with Crippen LogP contribution in [0, 0.1) is 5.92 Å². The fourth-order valence-electron chi connectivity index (χ4n) is 2.48. The number of rotatable bonds is 2. The second kappa shape index (κ2) is 4.87. The lowest BCUT2D eigenvalue weighted by Gasteiger charge is -2.35. The van der Waals surface area contributed by atoms with Crippen molar-refractivity contribution < 1.29 is 9.84 Å². The molecule has 0 aromatic heterocycles. The lowest BCUT2D eigenvalue weighted by atomic mass is 9.76. The Kier molecular flexibility index (Phi) is 3.64. The number of halogens is 1. The summed E-state index contributed by atoms with van der Waals surface area (Å²) in [5.41, 5.74) is 0.218. The highest BCUT2D eigenvalue weighted by Gasteiger charge is 2.33. The Morgan fingerprint density at radius 3 is 2.59 bits per heavy atom. The van der Waals surface area contributed by atoms with Gasteiger partial charge in [0.2, 0.25) is 0 Å². The molecule has 1 N–H and O–H groups in total. The van der Waals surface area contributed by atoms with Crippen molar-refractivity contribution in [3.05, 3.63) is 28.8 Å². The molecule has 0 radical (unpaired) electrons. The van der Waals surface area contributed by atoms with Gasteiger partial charge in [-0.3, -0.25) is 0 Å². The lowest BCUT2D eigenvalue weighted by Crippen LogP contribution is -2.30. The smallest absolute Gasteiger partial charge is 0.137 e. The SMILES string of the molecule is COc1cc(C2(O)CCC(C)CC2)ccc1Cl. The third-order valence-corrected chi connectivity index (χ3v) is 4.10. The molecule has 1 aliphatic carbocycles. The summed E-state index contributed by atoms with van der Waals surface area (Å²) in [5, 5.41) is 11.3. The summed E-state index contributed by atoms with van der Waals surface area (Å²) in [4.78, 5) is 0. The largest absolute Gasteiger partial charge is 0.495 e. The maximum absolute atomic E-state index is 10.7. The highest BCUT2D eigenvalue weighted by atomic mass is 35.5. The zero-order valence-electron chi connectivity index (χ0n) is 10.4. The molecule has 3 heteroatoms. The van der Waals surface area contributed by atoms with Crippen LogP contribution in [-0.2, 0) is 5.60 Å². The van der Waals surface area contributed by atoms with E-state index in [1.807, 2.05) is 12.1 Å². The van der Waals surface area contributed by atoms with Crippen LogP contribution in [0.3, 0.4) is 0 Å². The normalized spacial score (nSPS) is 29.1. The molecule has 1 aromatic carbocycles. The number of hydrogen-bond acceptors (Lipinski definition) is 2. The van der Waals surface area contributed by atoms with Crippen molar-refractivity contribution in [1.82, 2.24) is 0 Å². The van der Waals surface area contributed by atoms with E-state index in [9.17, 15) is 5.11 Å². The minimum atomic E-state index is -0.704. The molecule has 1 fully saturated rings. The summed E-state index contributed by atoms with van der Waals surface area (Å²) >= 11 is 6.00. The van der Waals surface area contributed by atoms with Crippen molar-refractivity contribution in [1.29, 1.82) is 0 Å². The molecule has 94 valence electrons. The van der Waals surface area contributed by atoms with Gasteiger partial charge in [0.05, 0.1) is 17.7 Å². The van der Waals surface area contributed by atoms with E-state index in [4.69, 9.17) is 16.3 Å². The summed E-state index contributed by atoms with van der Waals surface area (Å²) in [6.45, 7) is 2.24. The first-order valence-electron chi connectivity index (χ1n) is 6.11. The maximum Gasteiger partial charge on any atom is 0.137 e. The van der Waals surface area contributed by atoms with Gasteiger partial charge in [0.15, 0.2) is 0 Å². The van der Waals surface area contributed by atoms with Crippen LogP contribution < -0.4 is 4.74 Å². The van der Waals surface area contributed by atoms with Crippen LogP contribution in [0.5, 0.6) is 5.75 Å². The summed E-state index contributed by atoms with van der Waals surface area (Å²) in [7, 11) is 1.60. The van der Waals surface area contributed by atoms with Crippen molar-refractivity contribution in [2.45, 2.75) is 38.2 Å². The topological polar surface area (TPSA) is 29.5 Å². The summed E-state index contributed by atoms with van der Waals surface area (Å²) in [6.07, 6.45) is 3.78. The van der Waals surface area contributed by atoms with Gasteiger partial charge in [0.1, 0.15) is 5.75 Å². The maximum atomic E-state index is 10.7. The first-order valence-corrected chi connectivity index (χ1v) is 6.49. The molecule has 0 bridgehead atoms. The van der Waals surface area contributed by atoms with Gasteiger partial charge in [0.25, 0.3) is 0 Å². The van der Waals surface area contributed by atoms with Gasteiger partial charge in [-0.05, 0) is 49.3 Å². The molecule has 0 spiro atoms. The van der Waals surface area contributed by atoms with E-state index < -0.39 is 5.60 Å². The van der Waals surface area contributed by atoms with Crippen LogP contribution in [0.4, 0.5) is 0 Å². The molecule has 1 saturated carbocycles. The number of benzene rings is 1. The van der Waals surface area contributed by atoms with Gasteiger partial charge in [-0.25, -0.2) is 0 Å². The third-order valence-electron chi connectivity index (χ3n) is 3.79. The van der Waals surface area contributed by atoms with Gasteiger partial charge in [-0.2, -0.15) is 0 Å². The standard InChI is InChI=1S/C14H19ClO2/c1-10-5-7-14(16,8-6-10)11-3-4-12(15)13(9-11)17-2/h3-4,9-10,16H,5-8H2,1-2H3. The quantitative estimate of drug-likeness (QED) is 0.871. The van der Waals surface area contributed by atoms with Crippen LogP contribution in [0.1, 0.15) is 38.2 Å². The number of aliphatic hydroxyl groups is 1. The van der Waals surface area contributed by atoms with Gasteiger partial charge in [-0.15, -0.1) is 0 Å². The highest BCUT2D eigenvalue weighted by Crippen LogP contribution is 2.41. The molecule has 0 heterocycles. The molecule has 0 unspecified atom stereocenters. The second-order valence-electron chi connectivity index (χ2n) is 5.06. The fraction of sp³-hybridized carbons (Fsp3) is 0.571. The number of ether oxygens (including phenoxy) is 1. The van der Waals surface area contributed by atoms with Crippen molar-refractivity contribution in [2.75, 3.05) is 7.11 Å². The van der Waals surface area contributed by atoms with Crippen LogP contribution >= 0.6 is 11.6 Å². The summed E-state index contributed by atoms with van der Waals surface area (Å²) in [6, 6.07) is 5.56. The first kappa shape index (κ1) is 12.7. The summed E-state index contributed by atoms with van der Waals surface area (Å²) < 4.78 is 5.20. The molecular formula is C14H19ClO2. The predicted molar refractivity (Wildman–Crippen MR) is 69.5 cm³/mol. The van der Waals surface area contributed by atoms with Crippen LogP contribution in [0.2, 0.25) is 5.02 Å². The zero-order valence-corrected chi connectivity index (χ0v) is 11.1. The van der Waals surface area contributed by atoms with E-state index in [1.165, 1.54) is 0 Å². The van der Waals surface area contributed by atoms with E-state index >= 15 is 0 Å². The van der Waals surface area contributed by atoms with E-state index in [0.29, 0.717) is 16.7 Å². The van der Waals surface area contributed by atoms with Crippen molar-refractivity contribution in [2.24, 2.45) is 5.92 Å². The van der Waals surface area contributed by atoms with E-state index in [-0.39, 0.29) is 0 Å². The monoisotopic (exact) mass is 254 g/mol. The Morgan fingerprint density at radius 2 is 2.00 bits per heavy atom. The van der Waals surface area contributed by atoms with Crippen molar-refractivity contribution in [3.63, 3.8) is 0 Å². The predicted octanol–water partition coefficient (Wildman–Crippen LogP) is 3.75. The molecular weight excluding hydrogens is 236 g/mol. The molecule has 1 aromatic rings. The molecule has 0 atom stereocenters. The zero-order chi connectivity index (χ0) is 12.5. The van der Waals surface area contributed by atoms with E-state index in [1.54, 1.807) is 13.2 Å². The van der Waals surface area contributed by atoms with Gasteiger partial charge in [-0.1, -0.05) is 24.6 Å². The molecule has 0 aliphatic heterocycles. The molecule has 0 amide bonds. The Morgan fingerprint density at radius 1 is 1.35 bits per heavy atom. The third kappa shape index (κ3) is 2.58. The average Bonchev–Trinajstić information content (AvgIpc) is 2.34. The Hall–Kier alpha value is -0.730. The van der Waals surface area contributed by atoms with Gasteiger partial charge >= 0.3 is 0 Å². The minimum absolute atomic E-state index is 0.587. The van der Waals surface area contributed by atoms with Crippen LogP contribution in [0.15, 0.2) is 18.2 Å². The molecule has 17 heavy (non-hydrogen) atoms.